The van der Waals surface area contributed by atoms with Crippen LogP contribution in [0.1, 0.15) is 5.82 Å². The van der Waals surface area contributed by atoms with E-state index in [0.717, 1.165) is 11.8 Å². The van der Waals surface area contributed by atoms with E-state index >= 15 is 0 Å². The van der Waals surface area contributed by atoms with E-state index in [0.29, 0.717) is 18.5 Å². The highest BCUT2D eigenvalue weighted by Crippen LogP contribution is 2.32. The third-order valence-corrected chi connectivity index (χ3v) is 4.18. The number of para-hydroxylation sites is 1. The van der Waals surface area contributed by atoms with Crippen LogP contribution < -0.4 is 0 Å². The minimum absolute atomic E-state index is 0.0417. The van der Waals surface area contributed by atoms with Crippen molar-refractivity contribution in [2.45, 2.75) is 11.2 Å². The molecule has 0 bridgehead atoms. The molecule has 0 spiro atoms. The summed E-state index contributed by atoms with van der Waals surface area (Å²) in [5, 5.41) is 0.607. The first kappa shape index (κ1) is 19.0. The number of aromatic nitrogens is 2. The van der Waals surface area contributed by atoms with Gasteiger partial charge in [-0.25, -0.2) is 9.97 Å². The predicted octanol–water partition coefficient (Wildman–Crippen LogP) is 3.94. The van der Waals surface area contributed by atoms with Gasteiger partial charge in [-0.15, -0.1) is 13.2 Å². The van der Waals surface area contributed by atoms with Gasteiger partial charge in [0.1, 0.15) is 5.03 Å². The van der Waals surface area contributed by atoms with Crippen molar-refractivity contribution >= 4 is 28.6 Å². The maximum absolute atomic E-state index is 13.0. The molecule has 1 heterocycles. The van der Waals surface area contributed by atoms with Crippen molar-refractivity contribution in [2.75, 3.05) is 18.8 Å². The second-order valence-electron chi connectivity index (χ2n) is 5.03. The average molecular weight is 367 g/mol. The number of carbonyl (C=O) groups is 1. The lowest BCUT2D eigenvalue weighted by Gasteiger charge is -2.19. The molecule has 0 atom stereocenters. The summed E-state index contributed by atoms with van der Waals surface area (Å²) in [7, 11) is 0. The van der Waals surface area contributed by atoms with Gasteiger partial charge < -0.3 is 4.90 Å². The first-order valence-electron chi connectivity index (χ1n) is 7.33. The Labute approximate surface area is 147 Å². The van der Waals surface area contributed by atoms with Crippen molar-refractivity contribution < 1.29 is 18.0 Å². The fraction of sp³-hybridized carbons (Fsp3) is 0.235. The second kappa shape index (κ2) is 8.15. The first-order valence-corrected chi connectivity index (χ1v) is 8.31. The summed E-state index contributed by atoms with van der Waals surface area (Å²) in [5.74, 6) is -1.49. The van der Waals surface area contributed by atoms with Gasteiger partial charge in [0.25, 0.3) is 0 Å². The Bertz CT molecular complexity index is 782. The van der Waals surface area contributed by atoms with Gasteiger partial charge in [-0.05, 0) is 6.07 Å². The van der Waals surface area contributed by atoms with Gasteiger partial charge in [-0.3, -0.25) is 4.79 Å². The number of fused-ring (bicyclic) bond motifs is 1. The van der Waals surface area contributed by atoms with Crippen molar-refractivity contribution in [3.05, 3.63) is 55.4 Å². The molecular formula is C17H16F3N3OS. The molecular weight excluding hydrogens is 351 g/mol. The summed E-state index contributed by atoms with van der Waals surface area (Å²) in [6.07, 6.45) is -1.50. The summed E-state index contributed by atoms with van der Waals surface area (Å²) in [5.41, 5.74) is 0.189. The summed E-state index contributed by atoms with van der Waals surface area (Å²) in [6.45, 7) is 7.84. The van der Waals surface area contributed by atoms with E-state index in [2.05, 4.69) is 23.1 Å². The van der Waals surface area contributed by atoms with Gasteiger partial charge in [-0.2, -0.15) is 13.2 Å². The third kappa shape index (κ3) is 4.82. The standard InChI is InChI=1S/C17H16F3N3OS/c1-3-9-23(10-4-2)14(24)11-25-15-12-7-5-6-8-13(12)21-16(22-15)17(18,19)20/h3-8H,1-2,9-11H2. The number of nitrogens with zero attached hydrogens (tertiary/aromatic N) is 3. The smallest absolute Gasteiger partial charge is 0.335 e. The van der Waals surface area contributed by atoms with E-state index in [1.807, 2.05) is 0 Å². The lowest BCUT2D eigenvalue weighted by Crippen LogP contribution is -2.32. The van der Waals surface area contributed by atoms with Gasteiger partial charge in [0.05, 0.1) is 11.3 Å². The number of halogens is 3. The van der Waals surface area contributed by atoms with Crippen molar-refractivity contribution in [1.82, 2.24) is 14.9 Å². The zero-order valence-electron chi connectivity index (χ0n) is 13.3. The minimum Gasteiger partial charge on any atom is -0.335 e. The second-order valence-corrected chi connectivity index (χ2v) is 6.00. The Balaban J connectivity index is 2.29. The Morgan fingerprint density at radius 2 is 1.80 bits per heavy atom. The average Bonchev–Trinajstić information content (AvgIpc) is 2.58. The first-order chi connectivity index (χ1) is 11.9. The van der Waals surface area contributed by atoms with E-state index in [1.54, 1.807) is 30.4 Å². The van der Waals surface area contributed by atoms with Crippen LogP contribution in [0, 0.1) is 0 Å². The predicted molar refractivity (Wildman–Crippen MR) is 92.2 cm³/mol. The van der Waals surface area contributed by atoms with Crippen LogP contribution >= 0.6 is 11.8 Å². The highest BCUT2D eigenvalue weighted by molar-refractivity contribution is 8.00. The molecule has 132 valence electrons. The molecule has 0 fully saturated rings. The van der Waals surface area contributed by atoms with Crippen LogP contribution in [0.4, 0.5) is 13.2 Å². The van der Waals surface area contributed by atoms with Gasteiger partial charge in [0, 0.05) is 18.5 Å². The molecule has 0 radical (unpaired) electrons. The zero-order chi connectivity index (χ0) is 18.4. The van der Waals surface area contributed by atoms with Gasteiger partial charge >= 0.3 is 6.18 Å². The highest BCUT2D eigenvalue weighted by atomic mass is 32.2. The summed E-state index contributed by atoms with van der Waals surface area (Å²) in [4.78, 5) is 20.9. The van der Waals surface area contributed by atoms with Crippen molar-refractivity contribution in [3.63, 3.8) is 0 Å². The molecule has 4 nitrogen and oxygen atoms in total. The fourth-order valence-corrected chi connectivity index (χ4v) is 3.02. The number of amides is 1. The quantitative estimate of drug-likeness (QED) is 0.422. The lowest BCUT2D eigenvalue weighted by atomic mass is 10.2. The molecule has 0 aliphatic carbocycles. The van der Waals surface area contributed by atoms with E-state index in [-0.39, 0.29) is 22.2 Å². The maximum atomic E-state index is 13.0. The van der Waals surface area contributed by atoms with E-state index in [4.69, 9.17) is 0 Å². The largest absolute Gasteiger partial charge is 0.451 e. The fourth-order valence-electron chi connectivity index (χ4n) is 2.10. The molecule has 1 aromatic heterocycles. The highest BCUT2D eigenvalue weighted by Gasteiger charge is 2.35. The molecule has 1 aromatic carbocycles. The van der Waals surface area contributed by atoms with E-state index < -0.39 is 12.0 Å². The molecule has 0 unspecified atom stereocenters. The molecule has 25 heavy (non-hydrogen) atoms. The molecule has 2 aromatic rings. The van der Waals surface area contributed by atoms with Gasteiger partial charge in [0.2, 0.25) is 11.7 Å². The summed E-state index contributed by atoms with van der Waals surface area (Å²) in [6, 6.07) is 6.41. The van der Waals surface area contributed by atoms with Crippen LogP contribution in [-0.4, -0.2) is 39.6 Å². The third-order valence-electron chi connectivity index (χ3n) is 3.21. The SMILES string of the molecule is C=CCN(CC=C)C(=O)CSc1nc(C(F)(F)F)nc2ccccc12. The minimum atomic E-state index is -4.65. The Hall–Kier alpha value is -2.35. The van der Waals surface area contributed by atoms with Crippen molar-refractivity contribution in [2.24, 2.45) is 0 Å². The molecule has 8 heteroatoms. The number of rotatable bonds is 7. The Kier molecular flexibility index (Phi) is 6.19. The number of benzene rings is 1. The van der Waals surface area contributed by atoms with Gasteiger partial charge in [0.15, 0.2) is 0 Å². The van der Waals surface area contributed by atoms with Gasteiger partial charge in [-0.1, -0.05) is 42.1 Å². The number of hydrogen-bond acceptors (Lipinski definition) is 4. The van der Waals surface area contributed by atoms with E-state index in [1.165, 1.54) is 11.0 Å². The van der Waals surface area contributed by atoms with Crippen LogP contribution in [0.2, 0.25) is 0 Å². The Morgan fingerprint density at radius 1 is 1.16 bits per heavy atom. The van der Waals surface area contributed by atoms with Crippen molar-refractivity contribution in [3.8, 4) is 0 Å². The van der Waals surface area contributed by atoms with Crippen LogP contribution in [0.25, 0.3) is 10.9 Å². The van der Waals surface area contributed by atoms with Crippen LogP contribution in [-0.2, 0) is 11.0 Å². The number of alkyl halides is 3. The molecule has 0 aliphatic rings. The molecule has 0 N–H and O–H groups in total. The molecule has 2 rings (SSSR count). The number of carbonyl (C=O) groups excluding carboxylic acids is 1. The molecule has 0 saturated heterocycles. The molecule has 0 aliphatic heterocycles. The topological polar surface area (TPSA) is 46.1 Å². The monoisotopic (exact) mass is 367 g/mol. The van der Waals surface area contributed by atoms with Crippen LogP contribution in [0.15, 0.2) is 54.6 Å². The Morgan fingerprint density at radius 3 is 2.40 bits per heavy atom. The normalized spacial score (nSPS) is 11.3. The zero-order valence-corrected chi connectivity index (χ0v) is 14.1. The molecule has 0 saturated carbocycles. The number of hydrogen-bond donors (Lipinski definition) is 0. The van der Waals surface area contributed by atoms with Crippen molar-refractivity contribution in [1.29, 1.82) is 0 Å². The lowest BCUT2D eigenvalue weighted by molar-refractivity contribution is -0.145. The summed E-state index contributed by atoms with van der Waals surface area (Å²) < 4.78 is 39.0. The van der Waals surface area contributed by atoms with Crippen LogP contribution in [0.5, 0.6) is 0 Å². The maximum Gasteiger partial charge on any atom is 0.451 e. The number of thioether (sulfide) groups is 1. The molecule has 1 amide bonds. The van der Waals surface area contributed by atoms with E-state index in [9.17, 15) is 18.0 Å². The van der Waals surface area contributed by atoms with Crippen LogP contribution in [0.3, 0.4) is 0 Å². The summed E-state index contributed by atoms with van der Waals surface area (Å²) >= 11 is 0.957.